The first kappa shape index (κ1) is 15.2. The van der Waals surface area contributed by atoms with Gasteiger partial charge in [-0.2, -0.15) is 0 Å². The second kappa shape index (κ2) is 8.25. The zero-order chi connectivity index (χ0) is 12.7. The predicted octanol–water partition coefficient (Wildman–Crippen LogP) is 4.29. The topological polar surface area (TPSA) is 21.3 Å². The number of thiophene rings is 1. The molecule has 0 saturated carbocycles. The minimum absolute atomic E-state index is 0.330. The van der Waals surface area contributed by atoms with Crippen LogP contribution >= 0.6 is 27.3 Å². The van der Waals surface area contributed by atoms with Crippen molar-refractivity contribution in [2.45, 2.75) is 39.7 Å². The zero-order valence-corrected chi connectivity index (χ0v) is 13.3. The van der Waals surface area contributed by atoms with Crippen LogP contribution in [0.4, 0.5) is 0 Å². The maximum absolute atomic E-state index is 5.67. The molecule has 0 bridgehead atoms. The first-order chi connectivity index (χ1) is 8.19. The summed E-state index contributed by atoms with van der Waals surface area (Å²) in [5.41, 5.74) is 1.31. The summed E-state index contributed by atoms with van der Waals surface area (Å²) in [7, 11) is 0. The highest BCUT2D eigenvalue weighted by molar-refractivity contribution is 9.11. The van der Waals surface area contributed by atoms with Crippen LogP contribution < -0.4 is 5.32 Å². The first-order valence-corrected chi connectivity index (χ1v) is 7.86. The quantitative estimate of drug-likeness (QED) is 0.722. The van der Waals surface area contributed by atoms with Crippen molar-refractivity contribution in [2.24, 2.45) is 0 Å². The third-order valence-electron chi connectivity index (χ3n) is 2.49. The molecule has 98 valence electrons. The lowest BCUT2D eigenvalue weighted by atomic mass is 10.2. The Balaban J connectivity index is 2.60. The van der Waals surface area contributed by atoms with E-state index in [-0.39, 0.29) is 0 Å². The Kier molecular flexibility index (Phi) is 7.35. The van der Waals surface area contributed by atoms with Crippen LogP contribution in [0.1, 0.15) is 43.2 Å². The predicted molar refractivity (Wildman–Crippen MR) is 78.9 cm³/mol. The summed E-state index contributed by atoms with van der Waals surface area (Å²) in [6.45, 7) is 9.10. The zero-order valence-electron chi connectivity index (χ0n) is 10.9. The second-order valence-electron chi connectivity index (χ2n) is 4.19. The van der Waals surface area contributed by atoms with Crippen molar-refractivity contribution in [3.63, 3.8) is 0 Å². The molecule has 17 heavy (non-hydrogen) atoms. The van der Waals surface area contributed by atoms with E-state index in [2.05, 4.69) is 48.1 Å². The number of rotatable bonds is 8. The monoisotopic (exact) mass is 319 g/mol. The molecule has 1 N–H and O–H groups in total. The van der Waals surface area contributed by atoms with Gasteiger partial charge in [-0.1, -0.05) is 13.8 Å². The highest BCUT2D eigenvalue weighted by Gasteiger charge is 2.14. The minimum atomic E-state index is 0.330. The van der Waals surface area contributed by atoms with Crippen molar-refractivity contribution in [1.29, 1.82) is 0 Å². The van der Waals surface area contributed by atoms with Gasteiger partial charge in [0.2, 0.25) is 0 Å². The smallest absolute Gasteiger partial charge is 0.0731 e. The van der Waals surface area contributed by atoms with E-state index in [1.807, 2.05) is 0 Å². The van der Waals surface area contributed by atoms with Crippen molar-refractivity contribution >= 4 is 27.3 Å². The van der Waals surface area contributed by atoms with Crippen LogP contribution in [0, 0.1) is 6.92 Å². The first-order valence-electron chi connectivity index (χ1n) is 6.26. The summed E-state index contributed by atoms with van der Waals surface area (Å²) in [5, 5.41) is 3.55. The number of halogens is 1. The molecular formula is C13H22BrNOS. The summed E-state index contributed by atoms with van der Waals surface area (Å²) < 4.78 is 6.90. The van der Waals surface area contributed by atoms with Gasteiger partial charge >= 0.3 is 0 Å². The molecule has 1 rings (SSSR count). The van der Waals surface area contributed by atoms with Gasteiger partial charge in [0.1, 0.15) is 0 Å². The molecule has 0 fully saturated rings. The van der Waals surface area contributed by atoms with E-state index in [1.54, 1.807) is 11.3 Å². The van der Waals surface area contributed by atoms with Crippen LogP contribution in [0.3, 0.4) is 0 Å². The molecule has 1 atom stereocenters. The molecule has 0 aromatic carbocycles. The van der Waals surface area contributed by atoms with Gasteiger partial charge < -0.3 is 10.1 Å². The van der Waals surface area contributed by atoms with Gasteiger partial charge in [0.25, 0.3) is 0 Å². The van der Waals surface area contributed by atoms with Crippen LogP contribution in [0.15, 0.2) is 9.85 Å². The highest BCUT2D eigenvalue weighted by Crippen LogP contribution is 2.31. The fourth-order valence-electron chi connectivity index (χ4n) is 1.56. The molecule has 0 aliphatic heterocycles. The number of hydrogen-bond acceptors (Lipinski definition) is 3. The number of aryl methyl sites for hydroxylation is 1. The third kappa shape index (κ3) is 5.08. The highest BCUT2D eigenvalue weighted by atomic mass is 79.9. The van der Waals surface area contributed by atoms with E-state index in [1.165, 1.54) is 14.2 Å². The van der Waals surface area contributed by atoms with Crippen LogP contribution in [0.25, 0.3) is 0 Å². The molecular weight excluding hydrogens is 298 g/mol. The molecule has 2 nitrogen and oxygen atoms in total. The molecule has 0 spiro atoms. The Labute approximate surface area is 117 Å². The van der Waals surface area contributed by atoms with Crippen LogP contribution in [0.2, 0.25) is 0 Å². The van der Waals surface area contributed by atoms with Crippen molar-refractivity contribution in [2.75, 3.05) is 19.8 Å². The van der Waals surface area contributed by atoms with Crippen LogP contribution in [0.5, 0.6) is 0 Å². The van der Waals surface area contributed by atoms with E-state index in [0.717, 1.165) is 32.6 Å². The molecule has 1 heterocycles. The van der Waals surface area contributed by atoms with E-state index in [4.69, 9.17) is 4.74 Å². The van der Waals surface area contributed by atoms with Gasteiger partial charge in [-0.3, -0.25) is 0 Å². The lowest BCUT2D eigenvalue weighted by molar-refractivity contribution is 0.113. The molecule has 0 amide bonds. The van der Waals surface area contributed by atoms with Gasteiger partial charge in [0.15, 0.2) is 0 Å². The van der Waals surface area contributed by atoms with Crippen molar-refractivity contribution in [3.05, 3.63) is 20.3 Å². The van der Waals surface area contributed by atoms with E-state index < -0.39 is 0 Å². The Morgan fingerprint density at radius 1 is 1.41 bits per heavy atom. The molecule has 0 radical (unpaired) electrons. The molecule has 4 heteroatoms. The standard InChI is InChI=1S/C13H22BrNOS/c1-4-6-15-11(9-16-7-5-2)12-8-10(3)13(14)17-12/h8,11,15H,4-7,9H2,1-3H3. The van der Waals surface area contributed by atoms with Crippen LogP contribution in [-0.4, -0.2) is 19.8 Å². The SMILES string of the molecule is CCCNC(COCCC)c1cc(C)c(Br)s1. The van der Waals surface area contributed by atoms with Gasteiger partial charge in [0, 0.05) is 11.5 Å². The number of nitrogens with one attached hydrogen (secondary N) is 1. The van der Waals surface area contributed by atoms with E-state index >= 15 is 0 Å². The Morgan fingerprint density at radius 2 is 2.18 bits per heavy atom. The maximum Gasteiger partial charge on any atom is 0.0731 e. The fourth-order valence-corrected chi connectivity index (χ4v) is 3.19. The number of ether oxygens (including phenoxy) is 1. The summed E-state index contributed by atoms with van der Waals surface area (Å²) in [4.78, 5) is 1.36. The summed E-state index contributed by atoms with van der Waals surface area (Å²) in [6, 6.07) is 2.58. The van der Waals surface area contributed by atoms with E-state index in [9.17, 15) is 0 Å². The van der Waals surface area contributed by atoms with E-state index in [0.29, 0.717) is 6.04 Å². The molecule has 0 aliphatic rings. The minimum Gasteiger partial charge on any atom is -0.379 e. The van der Waals surface area contributed by atoms with Crippen LogP contribution in [-0.2, 0) is 4.74 Å². The molecule has 1 aromatic heterocycles. The summed E-state index contributed by atoms with van der Waals surface area (Å²) >= 11 is 5.39. The second-order valence-corrected chi connectivity index (χ2v) is 6.59. The normalized spacial score (nSPS) is 12.9. The lowest BCUT2D eigenvalue weighted by Crippen LogP contribution is -2.25. The molecule has 0 aliphatic carbocycles. The van der Waals surface area contributed by atoms with Gasteiger partial charge in [-0.25, -0.2) is 0 Å². The van der Waals surface area contributed by atoms with Crippen molar-refractivity contribution < 1.29 is 4.74 Å². The Morgan fingerprint density at radius 3 is 2.71 bits per heavy atom. The van der Waals surface area contributed by atoms with Gasteiger partial charge in [-0.15, -0.1) is 11.3 Å². The molecule has 1 unspecified atom stereocenters. The average Bonchev–Trinajstić information content (AvgIpc) is 2.64. The maximum atomic E-state index is 5.67. The van der Waals surface area contributed by atoms with Gasteiger partial charge in [0.05, 0.1) is 16.4 Å². The lowest BCUT2D eigenvalue weighted by Gasteiger charge is -2.17. The number of hydrogen-bond donors (Lipinski definition) is 1. The average molecular weight is 320 g/mol. The summed E-state index contributed by atoms with van der Waals surface area (Å²) in [6.07, 6.45) is 2.23. The van der Waals surface area contributed by atoms with Crippen molar-refractivity contribution in [1.82, 2.24) is 5.32 Å². The summed E-state index contributed by atoms with van der Waals surface area (Å²) in [5.74, 6) is 0. The third-order valence-corrected chi connectivity index (χ3v) is 4.74. The molecule has 0 saturated heterocycles. The Hall–Kier alpha value is 0.1000. The largest absolute Gasteiger partial charge is 0.379 e. The fraction of sp³-hybridized carbons (Fsp3) is 0.692. The molecule has 1 aromatic rings. The van der Waals surface area contributed by atoms with Gasteiger partial charge in [-0.05, 0) is 53.9 Å². The van der Waals surface area contributed by atoms with Crippen molar-refractivity contribution in [3.8, 4) is 0 Å². The Bertz CT molecular complexity index is 308.